The molecular formula is C19H18N4O6S. The number of benzene rings is 1. The van der Waals surface area contributed by atoms with Gasteiger partial charge in [-0.1, -0.05) is 18.2 Å². The lowest BCUT2D eigenvalue weighted by Gasteiger charge is -2.04. The molecular weight excluding hydrogens is 412 g/mol. The van der Waals surface area contributed by atoms with E-state index >= 15 is 0 Å². The third-order valence-corrected chi connectivity index (χ3v) is 5.16. The topological polar surface area (TPSA) is 143 Å². The van der Waals surface area contributed by atoms with Crippen molar-refractivity contribution in [3.8, 4) is 0 Å². The molecule has 0 aliphatic rings. The van der Waals surface area contributed by atoms with Crippen molar-refractivity contribution in [2.45, 2.75) is 18.0 Å². The van der Waals surface area contributed by atoms with Crippen LogP contribution in [0.25, 0.3) is 0 Å². The van der Waals surface area contributed by atoms with Gasteiger partial charge in [0, 0.05) is 0 Å². The van der Waals surface area contributed by atoms with E-state index < -0.39 is 21.8 Å². The highest BCUT2D eigenvalue weighted by molar-refractivity contribution is 7.89. The smallest absolute Gasteiger partial charge is 0.329 e. The van der Waals surface area contributed by atoms with Crippen LogP contribution in [0.4, 0.5) is 0 Å². The van der Waals surface area contributed by atoms with Crippen molar-refractivity contribution in [3.63, 3.8) is 0 Å². The van der Waals surface area contributed by atoms with Gasteiger partial charge in [-0.2, -0.15) is 5.10 Å². The quantitative estimate of drug-likeness (QED) is 0.278. The van der Waals surface area contributed by atoms with Crippen molar-refractivity contribution in [1.29, 1.82) is 0 Å². The van der Waals surface area contributed by atoms with Gasteiger partial charge in [-0.05, 0) is 36.4 Å². The van der Waals surface area contributed by atoms with Crippen molar-refractivity contribution in [2.75, 3.05) is 0 Å². The Kier molecular flexibility index (Phi) is 6.78. The fourth-order valence-electron chi connectivity index (χ4n) is 2.27. The van der Waals surface area contributed by atoms with E-state index in [-0.39, 0.29) is 23.7 Å². The fraction of sp³-hybridized carbons (Fsp3) is 0.105. The van der Waals surface area contributed by atoms with Gasteiger partial charge in [0.15, 0.2) is 0 Å². The zero-order valence-corrected chi connectivity index (χ0v) is 16.4. The Morgan fingerprint density at radius 2 is 1.73 bits per heavy atom. The normalized spacial score (nSPS) is 11.5. The van der Waals surface area contributed by atoms with Crippen LogP contribution < -0.4 is 15.5 Å². The minimum Gasteiger partial charge on any atom is -0.467 e. The molecule has 0 saturated heterocycles. The molecule has 0 bridgehead atoms. The lowest BCUT2D eigenvalue weighted by Crippen LogP contribution is -2.37. The molecule has 0 saturated carbocycles. The van der Waals surface area contributed by atoms with Crippen molar-refractivity contribution in [2.24, 2.45) is 5.10 Å². The first-order valence-electron chi connectivity index (χ1n) is 8.71. The summed E-state index contributed by atoms with van der Waals surface area (Å²) in [5, 5.41) is 6.01. The van der Waals surface area contributed by atoms with Crippen molar-refractivity contribution in [3.05, 3.63) is 78.1 Å². The average Bonchev–Trinajstić information content (AvgIpc) is 3.43. The maximum atomic E-state index is 12.2. The fourth-order valence-corrected chi connectivity index (χ4v) is 3.29. The number of furan rings is 2. The summed E-state index contributed by atoms with van der Waals surface area (Å²) in [4.78, 5) is 23.5. The lowest BCUT2D eigenvalue weighted by molar-refractivity contribution is -0.139. The highest BCUT2D eigenvalue weighted by Crippen LogP contribution is 2.10. The van der Waals surface area contributed by atoms with Gasteiger partial charge < -0.3 is 14.2 Å². The van der Waals surface area contributed by atoms with Crippen LogP contribution in [0.5, 0.6) is 0 Å². The number of nitrogens with one attached hydrogen (secondary N) is 3. The first-order chi connectivity index (χ1) is 14.4. The van der Waals surface area contributed by atoms with Crippen molar-refractivity contribution >= 4 is 28.1 Å². The zero-order chi connectivity index (χ0) is 21.4. The second-order valence-corrected chi connectivity index (χ2v) is 7.67. The summed E-state index contributed by atoms with van der Waals surface area (Å²) in [6.45, 7) is 0.00993. The van der Waals surface area contributed by atoms with Gasteiger partial charge >= 0.3 is 11.8 Å². The molecule has 11 heteroatoms. The van der Waals surface area contributed by atoms with Crippen molar-refractivity contribution in [1.82, 2.24) is 15.5 Å². The minimum atomic E-state index is -3.66. The van der Waals surface area contributed by atoms with Crippen LogP contribution in [0.1, 0.15) is 17.3 Å². The van der Waals surface area contributed by atoms with Crippen LogP contribution in [0.3, 0.4) is 0 Å². The standard InChI is InChI=1S/C19H18N4O6S/c24-18(20-11-14-5-4-10-28-14)19(25)23-21-12-15-8-9-16(29-15)13-22-30(26,27)17-6-2-1-3-7-17/h1-10,12,22H,11,13H2,(H,20,24)(H,23,25)/b21-12+. The summed E-state index contributed by atoms with van der Waals surface area (Å²) < 4.78 is 37.2. The summed E-state index contributed by atoms with van der Waals surface area (Å²) >= 11 is 0. The van der Waals surface area contributed by atoms with E-state index in [9.17, 15) is 18.0 Å². The Labute approximate surface area is 172 Å². The van der Waals surface area contributed by atoms with Crippen LogP contribution in [0.15, 0.2) is 79.7 Å². The van der Waals surface area contributed by atoms with Gasteiger partial charge in [0.2, 0.25) is 10.0 Å². The number of carbonyl (C=O) groups excluding carboxylic acids is 2. The van der Waals surface area contributed by atoms with Gasteiger partial charge in [-0.25, -0.2) is 18.6 Å². The Hall–Kier alpha value is -3.70. The monoisotopic (exact) mass is 430 g/mol. The molecule has 0 atom stereocenters. The highest BCUT2D eigenvalue weighted by Gasteiger charge is 2.14. The molecule has 3 N–H and O–H groups in total. The first kappa shape index (κ1) is 21.0. The van der Waals surface area contributed by atoms with Crippen LogP contribution >= 0.6 is 0 Å². The Morgan fingerprint density at radius 3 is 2.47 bits per heavy atom. The highest BCUT2D eigenvalue weighted by atomic mass is 32.2. The molecule has 0 radical (unpaired) electrons. The predicted molar refractivity (Wildman–Crippen MR) is 105 cm³/mol. The van der Waals surface area contributed by atoms with Crippen LogP contribution in [0, 0.1) is 0 Å². The molecule has 2 amide bonds. The number of hydrazone groups is 1. The van der Waals surface area contributed by atoms with E-state index in [0.717, 1.165) is 0 Å². The number of nitrogens with zero attached hydrogens (tertiary/aromatic N) is 1. The Morgan fingerprint density at radius 1 is 0.933 bits per heavy atom. The van der Waals surface area contributed by atoms with E-state index in [2.05, 4.69) is 20.6 Å². The molecule has 30 heavy (non-hydrogen) atoms. The molecule has 2 heterocycles. The van der Waals surface area contributed by atoms with Crippen LogP contribution in [0.2, 0.25) is 0 Å². The summed E-state index contributed by atoms with van der Waals surface area (Å²) in [6.07, 6.45) is 2.64. The van der Waals surface area contributed by atoms with Gasteiger partial charge in [0.1, 0.15) is 17.3 Å². The molecule has 2 aromatic heterocycles. The number of amides is 2. The first-order valence-corrected chi connectivity index (χ1v) is 10.2. The summed E-state index contributed by atoms with van der Waals surface area (Å²) in [5.74, 6) is -0.719. The van der Waals surface area contributed by atoms with Gasteiger partial charge in [-0.3, -0.25) is 9.59 Å². The maximum Gasteiger partial charge on any atom is 0.329 e. The summed E-state index contributed by atoms with van der Waals surface area (Å²) in [6, 6.07) is 14.4. The van der Waals surface area contributed by atoms with E-state index in [4.69, 9.17) is 8.83 Å². The molecule has 156 valence electrons. The Balaban J connectivity index is 1.46. The summed E-state index contributed by atoms with van der Waals surface area (Å²) in [5.41, 5.74) is 2.06. The minimum absolute atomic E-state index is 0.0629. The van der Waals surface area contributed by atoms with Crippen LogP contribution in [-0.4, -0.2) is 26.4 Å². The zero-order valence-electron chi connectivity index (χ0n) is 15.6. The second-order valence-electron chi connectivity index (χ2n) is 5.90. The SMILES string of the molecule is O=C(NCc1ccco1)C(=O)N/N=C/c1ccc(CNS(=O)(=O)c2ccccc2)o1. The molecule has 0 aliphatic carbocycles. The predicted octanol–water partition coefficient (Wildman–Crippen LogP) is 1.12. The van der Waals surface area contributed by atoms with Gasteiger partial charge in [0.25, 0.3) is 0 Å². The van der Waals surface area contributed by atoms with E-state index in [1.165, 1.54) is 24.6 Å². The third-order valence-electron chi connectivity index (χ3n) is 3.74. The summed E-state index contributed by atoms with van der Waals surface area (Å²) in [7, 11) is -3.66. The van der Waals surface area contributed by atoms with Gasteiger partial charge in [-0.15, -0.1) is 0 Å². The van der Waals surface area contributed by atoms with E-state index in [1.54, 1.807) is 42.5 Å². The third kappa shape index (κ3) is 5.90. The number of rotatable bonds is 8. The molecule has 3 aromatic rings. The average molecular weight is 430 g/mol. The molecule has 0 aliphatic heterocycles. The molecule has 0 spiro atoms. The molecule has 3 rings (SSSR count). The van der Waals surface area contributed by atoms with Crippen molar-refractivity contribution < 1.29 is 26.8 Å². The second kappa shape index (κ2) is 9.67. The number of hydrogen-bond donors (Lipinski definition) is 3. The molecule has 1 aromatic carbocycles. The Bertz CT molecular complexity index is 1120. The largest absolute Gasteiger partial charge is 0.467 e. The number of sulfonamides is 1. The maximum absolute atomic E-state index is 12.2. The molecule has 0 unspecified atom stereocenters. The number of hydrogen-bond acceptors (Lipinski definition) is 7. The number of carbonyl (C=O) groups is 2. The van der Waals surface area contributed by atoms with E-state index in [1.807, 2.05) is 0 Å². The molecule has 0 fully saturated rings. The molecule has 10 nitrogen and oxygen atoms in total. The van der Waals surface area contributed by atoms with Gasteiger partial charge in [0.05, 0.1) is 30.5 Å². The lowest BCUT2D eigenvalue weighted by atomic mass is 10.4. The van der Waals surface area contributed by atoms with Crippen LogP contribution in [-0.2, 0) is 32.7 Å². The van der Waals surface area contributed by atoms with E-state index in [0.29, 0.717) is 11.5 Å².